The van der Waals surface area contributed by atoms with Crippen LogP contribution in [0.1, 0.15) is 0 Å². The number of hydrogen-bond donors (Lipinski definition) is 1. The van der Waals surface area contributed by atoms with Crippen LogP contribution in [-0.4, -0.2) is 6.61 Å². The fourth-order valence-electron chi connectivity index (χ4n) is 0.490. The largest absolute Gasteiger partial charge is 0.472 e. The predicted molar refractivity (Wildman–Crippen MR) is 33.1 cm³/mol. The fourth-order valence-corrected chi connectivity index (χ4v) is 0.646. The number of allylic oxidation sites excluding steroid dienone is 2. The average Bonchev–Trinajstić information content (AvgIpc) is 1.88. The summed E-state index contributed by atoms with van der Waals surface area (Å²) >= 11 is 5.55. The molecule has 0 aromatic rings. The molecular formula is C5H5ClN2O. The molecule has 0 spiro atoms. The highest BCUT2D eigenvalue weighted by Crippen LogP contribution is 2.14. The van der Waals surface area contributed by atoms with Crippen molar-refractivity contribution in [2.45, 2.75) is 0 Å². The van der Waals surface area contributed by atoms with E-state index in [9.17, 15) is 0 Å². The molecule has 0 saturated carbocycles. The minimum absolute atomic E-state index is 0.266. The van der Waals surface area contributed by atoms with Crippen LogP contribution < -0.4 is 0 Å². The van der Waals surface area contributed by atoms with Gasteiger partial charge in [0.05, 0.1) is 0 Å². The molecule has 1 rings (SSSR count). The first-order valence-corrected chi connectivity index (χ1v) is 2.78. The molecule has 0 saturated heterocycles. The summed E-state index contributed by atoms with van der Waals surface area (Å²) in [5.41, 5.74) is 6.53. The molecule has 0 radical (unpaired) electrons. The number of nitrogens with zero attached hydrogens (tertiary/aromatic N) is 1. The van der Waals surface area contributed by atoms with Crippen LogP contribution in [0, 0.1) is 5.53 Å². The first-order valence-electron chi connectivity index (χ1n) is 2.40. The molecule has 0 aliphatic carbocycles. The lowest BCUT2D eigenvalue weighted by Gasteiger charge is -2.05. The van der Waals surface area contributed by atoms with Crippen molar-refractivity contribution < 1.29 is 4.74 Å². The van der Waals surface area contributed by atoms with Crippen molar-refractivity contribution in [1.29, 1.82) is 5.53 Å². The van der Waals surface area contributed by atoms with Gasteiger partial charge in [-0.1, -0.05) is 11.6 Å². The molecule has 0 fully saturated rings. The maximum Gasteiger partial charge on any atom is 0.234 e. The third-order valence-corrected chi connectivity index (χ3v) is 1.14. The van der Waals surface area contributed by atoms with E-state index in [-0.39, 0.29) is 5.88 Å². The topological polar surface area (TPSA) is 45.4 Å². The summed E-state index contributed by atoms with van der Waals surface area (Å²) in [5, 5.41) is 3.64. The molecule has 1 N–H and O–H groups in total. The molecule has 0 aromatic heterocycles. The van der Waals surface area contributed by atoms with E-state index in [1.165, 1.54) is 6.08 Å². The molecule has 4 heteroatoms. The van der Waals surface area contributed by atoms with Crippen molar-refractivity contribution in [1.82, 2.24) is 0 Å². The van der Waals surface area contributed by atoms with Crippen molar-refractivity contribution >= 4 is 11.6 Å². The number of nitrogens with one attached hydrogen (secondary N) is 1. The lowest BCUT2D eigenvalue weighted by Crippen LogP contribution is -1.94. The predicted octanol–water partition coefficient (Wildman–Crippen LogP) is 2.01. The smallest absolute Gasteiger partial charge is 0.234 e. The SMILES string of the molecule is N=NC1=CC(Cl)=CCO1. The molecule has 1 aliphatic heterocycles. The van der Waals surface area contributed by atoms with Gasteiger partial charge in [-0.25, -0.2) is 5.53 Å². The number of ether oxygens (including phenoxy) is 1. The second-order valence-electron chi connectivity index (χ2n) is 1.49. The Morgan fingerprint density at radius 2 is 2.56 bits per heavy atom. The van der Waals surface area contributed by atoms with Crippen LogP contribution >= 0.6 is 11.6 Å². The van der Waals surface area contributed by atoms with E-state index in [1.54, 1.807) is 6.08 Å². The molecule has 1 aliphatic rings. The van der Waals surface area contributed by atoms with Crippen LogP contribution in [0.3, 0.4) is 0 Å². The summed E-state index contributed by atoms with van der Waals surface area (Å²) in [7, 11) is 0. The minimum atomic E-state index is 0.266. The Morgan fingerprint density at radius 1 is 1.78 bits per heavy atom. The molecule has 3 nitrogen and oxygen atoms in total. The van der Waals surface area contributed by atoms with Gasteiger partial charge in [-0.15, -0.1) is 5.11 Å². The molecule has 0 aromatic carbocycles. The highest BCUT2D eigenvalue weighted by Gasteiger charge is 2.00. The summed E-state index contributed by atoms with van der Waals surface area (Å²) in [6.07, 6.45) is 3.20. The summed E-state index contributed by atoms with van der Waals surface area (Å²) in [6, 6.07) is 0. The summed E-state index contributed by atoms with van der Waals surface area (Å²) < 4.78 is 4.84. The van der Waals surface area contributed by atoms with Gasteiger partial charge in [0.25, 0.3) is 0 Å². The van der Waals surface area contributed by atoms with Crippen LogP contribution in [0.15, 0.2) is 28.2 Å². The van der Waals surface area contributed by atoms with Gasteiger partial charge < -0.3 is 4.74 Å². The highest BCUT2D eigenvalue weighted by molar-refractivity contribution is 6.31. The quantitative estimate of drug-likeness (QED) is 0.563. The van der Waals surface area contributed by atoms with Gasteiger partial charge in [0, 0.05) is 11.1 Å². The Hall–Kier alpha value is -0.830. The third kappa shape index (κ3) is 1.54. The summed E-state index contributed by atoms with van der Waals surface area (Å²) in [5.74, 6) is 0.266. The first kappa shape index (κ1) is 6.29. The Labute approximate surface area is 57.5 Å². The van der Waals surface area contributed by atoms with E-state index >= 15 is 0 Å². The number of rotatable bonds is 1. The maximum absolute atomic E-state index is 6.53. The maximum atomic E-state index is 6.53. The Morgan fingerprint density at radius 3 is 3.00 bits per heavy atom. The molecule has 9 heavy (non-hydrogen) atoms. The van der Waals surface area contributed by atoms with Gasteiger partial charge in [0.2, 0.25) is 5.88 Å². The molecule has 48 valence electrons. The zero-order valence-electron chi connectivity index (χ0n) is 4.60. The fraction of sp³-hybridized carbons (Fsp3) is 0.200. The highest BCUT2D eigenvalue weighted by atomic mass is 35.5. The van der Waals surface area contributed by atoms with Crippen molar-refractivity contribution in [3.05, 3.63) is 23.1 Å². The Bertz CT molecular complexity index is 185. The van der Waals surface area contributed by atoms with Gasteiger partial charge in [-0.3, -0.25) is 0 Å². The molecule has 0 unspecified atom stereocenters. The second-order valence-corrected chi connectivity index (χ2v) is 1.93. The normalized spacial score (nSPS) is 17.4. The van der Waals surface area contributed by atoms with Gasteiger partial charge >= 0.3 is 0 Å². The van der Waals surface area contributed by atoms with E-state index in [2.05, 4.69) is 5.11 Å². The van der Waals surface area contributed by atoms with Crippen molar-refractivity contribution in [2.75, 3.05) is 6.61 Å². The van der Waals surface area contributed by atoms with Crippen LogP contribution in [0.4, 0.5) is 0 Å². The lowest BCUT2D eigenvalue weighted by molar-refractivity contribution is 0.235. The van der Waals surface area contributed by atoms with Crippen molar-refractivity contribution in [2.24, 2.45) is 5.11 Å². The number of hydrogen-bond acceptors (Lipinski definition) is 3. The Balaban J connectivity index is 2.74. The standard InChI is InChI=1S/C5H5ClN2O/c6-4-1-2-9-5(3-4)8-7/h1,3,7H,2H2. The summed E-state index contributed by atoms with van der Waals surface area (Å²) in [4.78, 5) is 0. The van der Waals surface area contributed by atoms with Gasteiger partial charge in [0.1, 0.15) is 6.61 Å². The monoisotopic (exact) mass is 144 g/mol. The van der Waals surface area contributed by atoms with Gasteiger partial charge in [-0.05, 0) is 6.08 Å². The Kier molecular flexibility index (Phi) is 1.85. The van der Waals surface area contributed by atoms with Crippen LogP contribution in [0.5, 0.6) is 0 Å². The van der Waals surface area contributed by atoms with Gasteiger partial charge in [0.15, 0.2) is 0 Å². The van der Waals surface area contributed by atoms with Crippen LogP contribution in [0.2, 0.25) is 0 Å². The van der Waals surface area contributed by atoms with Crippen molar-refractivity contribution in [3.63, 3.8) is 0 Å². The third-order valence-electron chi connectivity index (χ3n) is 0.881. The minimum Gasteiger partial charge on any atom is -0.472 e. The average molecular weight is 145 g/mol. The molecule has 0 atom stereocenters. The van der Waals surface area contributed by atoms with E-state index in [0.29, 0.717) is 11.6 Å². The molecule has 1 heterocycles. The second kappa shape index (κ2) is 2.64. The van der Waals surface area contributed by atoms with E-state index in [4.69, 9.17) is 21.9 Å². The molecular weight excluding hydrogens is 140 g/mol. The summed E-state index contributed by atoms with van der Waals surface area (Å²) in [6.45, 7) is 0.410. The van der Waals surface area contributed by atoms with E-state index < -0.39 is 0 Å². The van der Waals surface area contributed by atoms with Crippen molar-refractivity contribution in [3.8, 4) is 0 Å². The zero-order valence-corrected chi connectivity index (χ0v) is 5.35. The van der Waals surface area contributed by atoms with Crippen LogP contribution in [-0.2, 0) is 4.74 Å². The molecule has 0 amide bonds. The van der Waals surface area contributed by atoms with E-state index in [1.807, 2.05) is 0 Å². The number of halogens is 1. The lowest BCUT2D eigenvalue weighted by atomic mass is 10.4. The first-order chi connectivity index (χ1) is 4.33. The zero-order chi connectivity index (χ0) is 6.69. The van der Waals surface area contributed by atoms with Crippen LogP contribution in [0.25, 0.3) is 0 Å². The molecule has 0 bridgehead atoms. The van der Waals surface area contributed by atoms with Gasteiger partial charge in [-0.2, -0.15) is 0 Å². The van der Waals surface area contributed by atoms with E-state index in [0.717, 1.165) is 0 Å².